The van der Waals surface area contributed by atoms with Crippen molar-refractivity contribution in [2.45, 2.75) is 13.0 Å². The van der Waals surface area contributed by atoms with Crippen molar-refractivity contribution in [3.63, 3.8) is 0 Å². The number of halogens is 1. The molecule has 7 nitrogen and oxygen atoms in total. The number of hydrogen-bond acceptors (Lipinski definition) is 6. The van der Waals surface area contributed by atoms with Crippen LogP contribution in [0.3, 0.4) is 0 Å². The molecule has 1 N–H and O–H groups in total. The van der Waals surface area contributed by atoms with E-state index in [1.807, 2.05) is 0 Å². The number of amides is 1. The SMILES string of the molecule is COc1cccc(C(O)=C2C(=O)C(=O)N(c3cc(C)on3)[C@@H]2c2ccccc2F)c1. The smallest absolute Gasteiger partial charge is 0.301 e. The highest BCUT2D eigenvalue weighted by Gasteiger charge is 2.48. The van der Waals surface area contributed by atoms with Crippen LogP contribution in [0, 0.1) is 12.7 Å². The van der Waals surface area contributed by atoms with Gasteiger partial charge in [-0.3, -0.25) is 14.5 Å². The second-order valence-electron chi connectivity index (χ2n) is 6.72. The monoisotopic (exact) mass is 408 g/mol. The Hall–Kier alpha value is -3.94. The molecule has 30 heavy (non-hydrogen) atoms. The first-order valence-corrected chi connectivity index (χ1v) is 9.05. The minimum atomic E-state index is -1.22. The molecule has 152 valence electrons. The van der Waals surface area contributed by atoms with Crippen molar-refractivity contribution in [1.82, 2.24) is 5.16 Å². The number of nitrogens with zero attached hydrogens (tertiary/aromatic N) is 2. The fraction of sp³-hybridized carbons (Fsp3) is 0.136. The van der Waals surface area contributed by atoms with Gasteiger partial charge in [-0.25, -0.2) is 4.39 Å². The van der Waals surface area contributed by atoms with Crippen LogP contribution in [0.15, 0.2) is 64.7 Å². The minimum Gasteiger partial charge on any atom is -0.507 e. The van der Waals surface area contributed by atoms with Gasteiger partial charge in [0, 0.05) is 17.2 Å². The zero-order valence-electron chi connectivity index (χ0n) is 16.1. The number of anilines is 1. The number of carbonyl (C=O) groups excluding carboxylic acids is 2. The van der Waals surface area contributed by atoms with Gasteiger partial charge in [-0.2, -0.15) is 0 Å². The third-order valence-corrected chi connectivity index (χ3v) is 4.85. The summed E-state index contributed by atoms with van der Waals surface area (Å²) in [5.41, 5.74) is 0.0471. The Morgan fingerprint density at radius 2 is 1.93 bits per heavy atom. The number of benzene rings is 2. The molecule has 0 saturated carbocycles. The molecule has 1 aromatic heterocycles. The number of aromatic nitrogens is 1. The highest BCUT2D eigenvalue weighted by atomic mass is 19.1. The van der Waals surface area contributed by atoms with E-state index in [4.69, 9.17) is 9.26 Å². The maximum absolute atomic E-state index is 14.7. The van der Waals surface area contributed by atoms with Crippen molar-refractivity contribution in [2.75, 3.05) is 12.0 Å². The Labute approximate surface area is 171 Å². The average Bonchev–Trinajstić information content (AvgIpc) is 3.29. The van der Waals surface area contributed by atoms with Gasteiger partial charge in [0.2, 0.25) is 0 Å². The van der Waals surface area contributed by atoms with Gasteiger partial charge in [-0.05, 0) is 25.1 Å². The molecule has 1 amide bonds. The molecule has 1 saturated heterocycles. The number of ether oxygens (including phenoxy) is 1. The first-order chi connectivity index (χ1) is 14.4. The maximum atomic E-state index is 14.7. The molecule has 2 aromatic carbocycles. The largest absolute Gasteiger partial charge is 0.507 e. The fourth-order valence-electron chi connectivity index (χ4n) is 3.45. The molecule has 8 heteroatoms. The van der Waals surface area contributed by atoms with Crippen LogP contribution in [0.2, 0.25) is 0 Å². The van der Waals surface area contributed by atoms with Crippen molar-refractivity contribution in [1.29, 1.82) is 0 Å². The van der Waals surface area contributed by atoms with Crippen LogP contribution in [0.5, 0.6) is 5.75 Å². The van der Waals surface area contributed by atoms with Crippen LogP contribution in [0.1, 0.15) is 22.9 Å². The lowest BCUT2D eigenvalue weighted by Gasteiger charge is -2.23. The van der Waals surface area contributed by atoms with Gasteiger partial charge < -0.3 is 14.4 Å². The topological polar surface area (TPSA) is 92.9 Å². The van der Waals surface area contributed by atoms with Crippen LogP contribution >= 0.6 is 0 Å². The van der Waals surface area contributed by atoms with E-state index >= 15 is 0 Å². The second kappa shape index (κ2) is 7.47. The maximum Gasteiger partial charge on any atom is 0.301 e. The van der Waals surface area contributed by atoms with Crippen molar-refractivity contribution in [2.24, 2.45) is 0 Å². The Balaban J connectivity index is 1.97. The minimum absolute atomic E-state index is 0.0433. The fourth-order valence-corrected chi connectivity index (χ4v) is 3.45. The Morgan fingerprint density at radius 3 is 2.60 bits per heavy atom. The quantitative estimate of drug-likeness (QED) is 0.401. The molecular weight excluding hydrogens is 391 g/mol. The second-order valence-corrected chi connectivity index (χ2v) is 6.72. The predicted molar refractivity (Wildman–Crippen MR) is 105 cm³/mol. The molecule has 1 fully saturated rings. The number of aliphatic hydroxyl groups excluding tert-OH is 1. The zero-order valence-corrected chi connectivity index (χ0v) is 16.1. The zero-order chi connectivity index (χ0) is 21.4. The Bertz CT molecular complexity index is 1180. The molecule has 4 rings (SSSR count). The van der Waals surface area contributed by atoms with Crippen molar-refractivity contribution < 1.29 is 28.3 Å². The van der Waals surface area contributed by atoms with E-state index in [9.17, 15) is 19.1 Å². The van der Waals surface area contributed by atoms with Gasteiger partial charge in [0.1, 0.15) is 23.1 Å². The molecule has 0 aliphatic carbocycles. The van der Waals surface area contributed by atoms with E-state index < -0.39 is 29.3 Å². The van der Waals surface area contributed by atoms with Gasteiger partial charge in [0.25, 0.3) is 5.78 Å². The molecule has 0 spiro atoms. The number of aryl methyl sites for hydroxylation is 1. The van der Waals surface area contributed by atoms with Gasteiger partial charge in [0.05, 0.1) is 18.7 Å². The summed E-state index contributed by atoms with van der Waals surface area (Å²) in [5.74, 6) is -2.07. The van der Waals surface area contributed by atoms with Gasteiger partial charge in [-0.15, -0.1) is 0 Å². The van der Waals surface area contributed by atoms with Crippen molar-refractivity contribution >= 4 is 23.3 Å². The van der Waals surface area contributed by atoms with E-state index in [1.165, 1.54) is 37.4 Å². The molecule has 1 atom stereocenters. The first-order valence-electron chi connectivity index (χ1n) is 9.05. The third-order valence-electron chi connectivity index (χ3n) is 4.85. The lowest BCUT2D eigenvalue weighted by Crippen LogP contribution is -2.30. The normalized spacial score (nSPS) is 18.1. The van der Waals surface area contributed by atoms with Crippen LogP contribution in [-0.4, -0.2) is 29.1 Å². The number of rotatable bonds is 4. The average molecular weight is 408 g/mol. The van der Waals surface area contributed by atoms with Crippen LogP contribution in [-0.2, 0) is 9.59 Å². The summed E-state index contributed by atoms with van der Waals surface area (Å²) in [5, 5.41) is 14.8. The summed E-state index contributed by atoms with van der Waals surface area (Å²) in [4.78, 5) is 26.9. The third kappa shape index (κ3) is 3.12. The summed E-state index contributed by atoms with van der Waals surface area (Å²) in [6.45, 7) is 1.63. The molecule has 1 aliphatic heterocycles. The lowest BCUT2D eigenvalue weighted by atomic mass is 9.95. The number of ketones is 1. The molecule has 3 aromatic rings. The summed E-state index contributed by atoms with van der Waals surface area (Å²) in [6, 6.07) is 12.4. The predicted octanol–water partition coefficient (Wildman–Crippen LogP) is 3.76. The standard InChI is InChI=1S/C22H17FN2O5/c1-12-10-17(24-30-12)25-19(15-8-3-4-9-16(15)23)18(21(27)22(25)28)20(26)13-6-5-7-14(11-13)29-2/h3-11,19,26H,1-2H3/t19-/m1/s1. The molecule has 2 heterocycles. The highest BCUT2D eigenvalue weighted by molar-refractivity contribution is 6.51. The lowest BCUT2D eigenvalue weighted by molar-refractivity contribution is -0.132. The summed E-state index contributed by atoms with van der Waals surface area (Å²) in [7, 11) is 1.46. The van der Waals surface area contributed by atoms with E-state index in [0.29, 0.717) is 11.5 Å². The summed E-state index contributed by atoms with van der Waals surface area (Å²) < 4.78 is 24.9. The van der Waals surface area contributed by atoms with E-state index in [0.717, 1.165) is 4.90 Å². The molecule has 0 bridgehead atoms. The van der Waals surface area contributed by atoms with Crippen molar-refractivity contribution in [3.05, 3.63) is 82.9 Å². The number of aliphatic hydroxyl groups is 1. The van der Waals surface area contributed by atoms with Gasteiger partial charge >= 0.3 is 5.91 Å². The highest BCUT2D eigenvalue weighted by Crippen LogP contribution is 2.42. The molecule has 1 aliphatic rings. The Morgan fingerprint density at radius 1 is 1.17 bits per heavy atom. The van der Waals surface area contributed by atoms with Crippen molar-refractivity contribution in [3.8, 4) is 5.75 Å². The Kier molecular flexibility index (Phi) is 4.83. The number of hydrogen-bond donors (Lipinski definition) is 1. The van der Waals surface area contributed by atoms with Gasteiger partial charge in [0.15, 0.2) is 5.82 Å². The summed E-state index contributed by atoms with van der Waals surface area (Å²) in [6.07, 6.45) is 0. The van der Waals surface area contributed by atoms with E-state index in [-0.39, 0.29) is 22.5 Å². The number of Topliss-reactive ketones (excluding diaryl/α,β-unsaturated/α-hetero) is 1. The molecule has 0 unspecified atom stereocenters. The van der Waals surface area contributed by atoms with Gasteiger partial charge in [-0.1, -0.05) is 35.5 Å². The van der Waals surface area contributed by atoms with E-state index in [1.54, 1.807) is 31.2 Å². The van der Waals surface area contributed by atoms with Crippen LogP contribution in [0.25, 0.3) is 5.76 Å². The number of carbonyl (C=O) groups is 2. The molecular formula is C22H17FN2O5. The van der Waals surface area contributed by atoms with Crippen LogP contribution < -0.4 is 9.64 Å². The molecule has 0 radical (unpaired) electrons. The number of methoxy groups -OCH3 is 1. The van der Waals surface area contributed by atoms with Crippen LogP contribution in [0.4, 0.5) is 10.2 Å². The first kappa shape index (κ1) is 19.4. The summed E-state index contributed by atoms with van der Waals surface area (Å²) >= 11 is 0. The van der Waals surface area contributed by atoms with E-state index in [2.05, 4.69) is 5.16 Å².